The highest BCUT2D eigenvalue weighted by Gasteiger charge is 2.19. The largest absolute Gasteiger partial charge is 0.456 e. The molecule has 0 N–H and O–H groups in total. The molecule has 0 aliphatic carbocycles. The van der Waals surface area contributed by atoms with E-state index < -0.39 is 0 Å². The van der Waals surface area contributed by atoms with E-state index in [4.69, 9.17) is 4.42 Å². The van der Waals surface area contributed by atoms with Gasteiger partial charge < -0.3 is 9.32 Å². The summed E-state index contributed by atoms with van der Waals surface area (Å²) in [4.78, 5) is 2.39. The molecule has 0 unspecified atom stereocenters. The Bertz CT molecular complexity index is 2860. The lowest BCUT2D eigenvalue weighted by Crippen LogP contribution is -2.10. The summed E-state index contributed by atoms with van der Waals surface area (Å²) in [5, 5.41) is 9.66. The monoisotopic (exact) mass is 637 g/mol. The van der Waals surface area contributed by atoms with Crippen LogP contribution >= 0.6 is 0 Å². The molecule has 10 aromatic rings. The zero-order valence-corrected chi connectivity index (χ0v) is 27.3. The molecule has 2 heteroatoms. The Balaban J connectivity index is 1.09. The van der Waals surface area contributed by atoms with Crippen molar-refractivity contribution in [3.63, 3.8) is 0 Å². The highest BCUT2D eigenvalue weighted by atomic mass is 16.3. The first-order valence-electron chi connectivity index (χ1n) is 17.1. The summed E-state index contributed by atoms with van der Waals surface area (Å²) in [7, 11) is 0. The van der Waals surface area contributed by atoms with Crippen LogP contribution in [0.2, 0.25) is 0 Å². The van der Waals surface area contributed by atoms with Crippen LogP contribution < -0.4 is 4.90 Å². The first-order chi connectivity index (χ1) is 24.8. The Labute approximate surface area is 290 Å². The van der Waals surface area contributed by atoms with E-state index >= 15 is 0 Å². The van der Waals surface area contributed by atoms with Crippen molar-refractivity contribution in [1.82, 2.24) is 0 Å². The number of anilines is 3. The van der Waals surface area contributed by atoms with Crippen molar-refractivity contribution in [2.75, 3.05) is 4.90 Å². The van der Waals surface area contributed by atoms with Gasteiger partial charge in [-0.1, -0.05) is 140 Å². The molecule has 0 fully saturated rings. The van der Waals surface area contributed by atoms with Gasteiger partial charge in [0.25, 0.3) is 0 Å². The third kappa shape index (κ3) is 4.73. The van der Waals surface area contributed by atoms with E-state index in [9.17, 15) is 0 Å². The van der Waals surface area contributed by atoms with E-state index in [0.29, 0.717) is 0 Å². The van der Waals surface area contributed by atoms with Gasteiger partial charge in [-0.3, -0.25) is 0 Å². The maximum Gasteiger partial charge on any atom is 0.135 e. The summed E-state index contributed by atoms with van der Waals surface area (Å²) in [6.07, 6.45) is 0. The molecular weight excluding hydrogens is 607 g/mol. The van der Waals surface area contributed by atoms with Crippen molar-refractivity contribution in [3.05, 3.63) is 188 Å². The highest BCUT2D eigenvalue weighted by molar-refractivity contribution is 6.15. The van der Waals surface area contributed by atoms with Crippen LogP contribution in [-0.2, 0) is 0 Å². The van der Waals surface area contributed by atoms with E-state index in [1.165, 1.54) is 54.6 Å². The van der Waals surface area contributed by atoms with E-state index in [-0.39, 0.29) is 0 Å². The molecule has 0 aliphatic rings. The Morgan fingerprint density at radius 2 is 0.840 bits per heavy atom. The number of nitrogens with zero attached hydrogens (tertiary/aromatic N) is 1. The predicted molar refractivity (Wildman–Crippen MR) is 212 cm³/mol. The molecule has 0 saturated carbocycles. The topological polar surface area (TPSA) is 16.4 Å². The summed E-state index contributed by atoms with van der Waals surface area (Å²) in [6.45, 7) is 0. The normalized spacial score (nSPS) is 11.6. The number of hydrogen-bond acceptors (Lipinski definition) is 2. The molecule has 234 valence electrons. The molecule has 50 heavy (non-hydrogen) atoms. The van der Waals surface area contributed by atoms with Crippen molar-refractivity contribution >= 4 is 71.3 Å². The first kappa shape index (κ1) is 28.4. The maximum absolute atomic E-state index is 6.23. The molecule has 0 atom stereocenters. The van der Waals surface area contributed by atoms with Crippen molar-refractivity contribution < 1.29 is 4.42 Å². The van der Waals surface area contributed by atoms with Crippen LogP contribution in [0.4, 0.5) is 17.1 Å². The number of furan rings is 1. The number of benzene rings is 9. The fourth-order valence-corrected chi connectivity index (χ4v) is 7.53. The fraction of sp³-hybridized carbons (Fsp3) is 0. The second-order valence-corrected chi connectivity index (χ2v) is 13.0. The molecule has 10 rings (SSSR count). The van der Waals surface area contributed by atoms with Crippen molar-refractivity contribution in [1.29, 1.82) is 0 Å². The minimum atomic E-state index is 0.890. The summed E-state index contributed by atoms with van der Waals surface area (Å²) < 4.78 is 6.23. The summed E-state index contributed by atoms with van der Waals surface area (Å²) >= 11 is 0. The van der Waals surface area contributed by atoms with Crippen LogP contribution in [0.25, 0.3) is 76.5 Å². The Kier molecular flexibility index (Phi) is 6.53. The number of hydrogen-bond donors (Lipinski definition) is 0. The van der Waals surface area contributed by atoms with Gasteiger partial charge in [0.05, 0.1) is 5.69 Å². The SMILES string of the molecule is c1ccc2cc(-c3ccc(-c4ccc(N(c5ccc6oc7ccccc7c6c5)c5cc6ccccc6c6ccccc56)cc4)cc3)ccc2c1. The Morgan fingerprint density at radius 3 is 1.62 bits per heavy atom. The standard InChI is InChI=1S/C48H31NO/c1-2-10-36-29-37(22-21-32(36)9-1)35-19-17-33(18-20-35)34-23-25-39(26-24-34)49(40-27-28-48-45(31-40)44-15-7-8-16-47(44)50-48)46-30-38-11-3-4-12-41(38)42-13-5-6-14-43(42)46/h1-31H. The van der Waals surface area contributed by atoms with Gasteiger partial charge in [-0.05, 0) is 97.7 Å². The minimum absolute atomic E-state index is 0.890. The summed E-state index contributed by atoms with van der Waals surface area (Å²) in [6, 6.07) is 67.6. The third-order valence-corrected chi connectivity index (χ3v) is 10.0. The van der Waals surface area contributed by atoms with Crippen molar-refractivity contribution in [3.8, 4) is 22.3 Å². The zero-order valence-electron chi connectivity index (χ0n) is 27.3. The van der Waals surface area contributed by atoms with Crippen LogP contribution in [-0.4, -0.2) is 0 Å². The van der Waals surface area contributed by atoms with Gasteiger partial charge in [-0.15, -0.1) is 0 Å². The smallest absolute Gasteiger partial charge is 0.135 e. The Hall–Kier alpha value is -6.64. The average molecular weight is 638 g/mol. The lowest BCUT2D eigenvalue weighted by Gasteiger charge is -2.28. The van der Waals surface area contributed by atoms with Gasteiger partial charge in [0, 0.05) is 27.5 Å². The van der Waals surface area contributed by atoms with Crippen LogP contribution in [0, 0.1) is 0 Å². The molecule has 0 amide bonds. The fourth-order valence-electron chi connectivity index (χ4n) is 7.53. The molecule has 0 bridgehead atoms. The van der Waals surface area contributed by atoms with Crippen molar-refractivity contribution in [2.45, 2.75) is 0 Å². The van der Waals surface area contributed by atoms with E-state index in [2.05, 4.69) is 181 Å². The first-order valence-corrected chi connectivity index (χ1v) is 17.1. The van der Waals surface area contributed by atoms with E-state index in [0.717, 1.165) is 39.0 Å². The van der Waals surface area contributed by atoms with Crippen molar-refractivity contribution in [2.24, 2.45) is 0 Å². The molecule has 1 heterocycles. The highest BCUT2D eigenvalue weighted by Crippen LogP contribution is 2.44. The molecule has 0 saturated heterocycles. The van der Waals surface area contributed by atoms with Gasteiger partial charge in [0.15, 0.2) is 0 Å². The number of rotatable bonds is 5. The van der Waals surface area contributed by atoms with Gasteiger partial charge in [0.1, 0.15) is 11.2 Å². The number of fused-ring (bicyclic) bond motifs is 7. The second kappa shape index (κ2) is 11.5. The molecule has 9 aromatic carbocycles. The molecule has 2 nitrogen and oxygen atoms in total. The van der Waals surface area contributed by atoms with Crippen LogP contribution in [0.15, 0.2) is 192 Å². The molecule has 0 radical (unpaired) electrons. The molecule has 0 spiro atoms. The summed E-state index contributed by atoms with van der Waals surface area (Å²) in [5.41, 5.74) is 9.91. The van der Waals surface area contributed by atoms with Gasteiger partial charge >= 0.3 is 0 Å². The number of para-hydroxylation sites is 1. The van der Waals surface area contributed by atoms with Crippen LogP contribution in [0.3, 0.4) is 0 Å². The average Bonchev–Trinajstić information content (AvgIpc) is 3.56. The molecule has 1 aromatic heterocycles. The van der Waals surface area contributed by atoms with E-state index in [1.54, 1.807) is 0 Å². The minimum Gasteiger partial charge on any atom is -0.456 e. The maximum atomic E-state index is 6.23. The van der Waals surface area contributed by atoms with Gasteiger partial charge in [0.2, 0.25) is 0 Å². The quantitative estimate of drug-likeness (QED) is 0.175. The van der Waals surface area contributed by atoms with Gasteiger partial charge in [-0.2, -0.15) is 0 Å². The van der Waals surface area contributed by atoms with Gasteiger partial charge in [-0.25, -0.2) is 0 Å². The zero-order chi connectivity index (χ0) is 33.0. The lowest BCUT2D eigenvalue weighted by atomic mass is 9.97. The predicted octanol–water partition coefficient (Wildman–Crippen LogP) is 13.8. The molecule has 0 aliphatic heterocycles. The third-order valence-electron chi connectivity index (χ3n) is 10.0. The Morgan fingerprint density at radius 1 is 0.300 bits per heavy atom. The summed E-state index contributed by atoms with van der Waals surface area (Å²) in [5.74, 6) is 0. The second-order valence-electron chi connectivity index (χ2n) is 13.0. The lowest BCUT2D eigenvalue weighted by molar-refractivity contribution is 0.669. The van der Waals surface area contributed by atoms with E-state index in [1.807, 2.05) is 12.1 Å². The van der Waals surface area contributed by atoms with Crippen LogP contribution in [0.1, 0.15) is 0 Å². The molecular formula is C48H31NO. The van der Waals surface area contributed by atoms with Crippen LogP contribution in [0.5, 0.6) is 0 Å².